The van der Waals surface area contributed by atoms with Gasteiger partial charge in [-0.05, 0) is 12.5 Å². The zero-order chi connectivity index (χ0) is 16.4. The minimum Gasteiger partial charge on any atom is -0.373 e. The molecule has 2 atom stereocenters. The lowest BCUT2D eigenvalue weighted by Gasteiger charge is -2.18. The van der Waals surface area contributed by atoms with Crippen molar-refractivity contribution in [1.29, 1.82) is 0 Å². The molecule has 6 nitrogen and oxygen atoms in total. The van der Waals surface area contributed by atoms with E-state index in [1.807, 2.05) is 13.2 Å². The summed E-state index contributed by atoms with van der Waals surface area (Å²) in [5.74, 6) is 0.0917. The summed E-state index contributed by atoms with van der Waals surface area (Å²) in [6.07, 6.45) is 0.927. The number of alkyl halides is 3. The summed E-state index contributed by atoms with van der Waals surface area (Å²) in [5, 5.41) is 7.00. The van der Waals surface area contributed by atoms with E-state index in [0.717, 1.165) is 24.2 Å². The minimum atomic E-state index is -4.48. The van der Waals surface area contributed by atoms with Crippen LogP contribution in [0.15, 0.2) is 24.7 Å². The number of nitrogens with one attached hydrogen (secondary N) is 1. The Morgan fingerprint density at radius 3 is 2.96 bits per heavy atom. The number of hydrogen-bond acceptors (Lipinski definition) is 5. The molecule has 0 spiro atoms. The highest BCUT2D eigenvalue weighted by Crippen LogP contribution is 2.34. The quantitative estimate of drug-likeness (QED) is 0.934. The van der Waals surface area contributed by atoms with Crippen LogP contribution in [0.5, 0.6) is 0 Å². The molecule has 0 unspecified atom stereocenters. The fourth-order valence-electron chi connectivity index (χ4n) is 2.62. The van der Waals surface area contributed by atoms with Crippen LogP contribution < -0.4 is 5.32 Å². The van der Waals surface area contributed by atoms with E-state index in [-0.39, 0.29) is 18.0 Å². The maximum Gasteiger partial charge on any atom is 0.433 e. The molecule has 2 aromatic heterocycles. The Hall–Kier alpha value is -2.16. The summed E-state index contributed by atoms with van der Waals surface area (Å²) >= 11 is 0. The highest BCUT2D eigenvalue weighted by molar-refractivity contribution is 5.26. The van der Waals surface area contributed by atoms with E-state index in [9.17, 15) is 13.2 Å². The second-order valence-electron chi connectivity index (χ2n) is 5.43. The predicted molar refractivity (Wildman–Crippen MR) is 75.5 cm³/mol. The van der Waals surface area contributed by atoms with Crippen molar-refractivity contribution in [3.63, 3.8) is 0 Å². The first-order chi connectivity index (χ1) is 10.9. The van der Waals surface area contributed by atoms with E-state index in [1.54, 1.807) is 10.9 Å². The van der Waals surface area contributed by atoms with Crippen molar-refractivity contribution >= 4 is 5.95 Å². The van der Waals surface area contributed by atoms with Gasteiger partial charge in [-0.15, -0.1) is 0 Å². The minimum absolute atomic E-state index is 0.0309. The van der Waals surface area contributed by atoms with Crippen molar-refractivity contribution in [2.75, 3.05) is 18.5 Å². The van der Waals surface area contributed by atoms with Gasteiger partial charge in [0.25, 0.3) is 0 Å². The van der Waals surface area contributed by atoms with Gasteiger partial charge in [0, 0.05) is 44.1 Å². The van der Waals surface area contributed by atoms with Gasteiger partial charge in [0.1, 0.15) is 5.69 Å². The van der Waals surface area contributed by atoms with Crippen molar-refractivity contribution < 1.29 is 17.9 Å². The molecule has 0 aliphatic carbocycles. The lowest BCUT2D eigenvalue weighted by Crippen LogP contribution is -2.19. The first-order valence-corrected chi connectivity index (χ1v) is 7.18. The normalized spacial score (nSPS) is 21.6. The van der Waals surface area contributed by atoms with Crippen molar-refractivity contribution in [2.24, 2.45) is 13.0 Å². The van der Waals surface area contributed by atoms with Gasteiger partial charge in [-0.25, -0.2) is 9.97 Å². The van der Waals surface area contributed by atoms with Crippen LogP contribution in [0, 0.1) is 5.92 Å². The third-order valence-electron chi connectivity index (χ3n) is 3.74. The largest absolute Gasteiger partial charge is 0.433 e. The van der Waals surface area contributed by atoms with Crippen LogP contribution in [0.3, 0.4) is 0 Å². The molecule has 1 aliphatic heterocycles. The van der Waals surface area contributed by atoms with Gasteiger partial charge < -0.3 is 10.1 Å². The average molecular weight is 327 g/mol. The van der Waals surface area contributed by atoms with Crippen LogP contribution in [0.2, 0.25) is 0 Å². The zero-order valence-corrected chi connectivity index (χ0v) is 12.4. The molecule has 1 N–H and O–H groups in total. The first-order valence-electron chi connectivity index (χ1n) is 7.18. The highest BCUT2D eigenvalue weighted by Gasteiger charge is 2.33. The van der Waals surface area contributed by atoms with Crippen LogP contribution in [0.25, 0.3) is 0 Å². The lowest BCUT2D eigenvalue weighted by molar-refractivity contribution is -0.141. The van der Waals surface area contributed by atoms with Gasteiger partial charge in [0.15, 0.2) is 0 Å². The Balaban J connectivity index is 1.66. The Labute approximate surface area is 130 Å². The molecule has 9 heteroatoms. The topological polar surface area (TPSA) is 64.9 Å². The molecule has 3 heterocycles. The summed E-state index contributed by atoms with van der Waals surface area (Å²) in [4.78, 5) is 7.34. The number of nitrogens with zero attached hydrogens (tertiary/aromatic N) is 4. The lowest BCUT2D eigenvalue weighted by atomic mass is 9.97. The predicted octanol–water partition coefficient (Wildman–Crippen LogP) is 2.42. The molecule has 0 aromatic carbocycles. The summed E-state index contributed by atoms with van der Waals surface area (Å²) in [6, 6.07) is 0.850. The molecule has 0 radical (unpaired) electrons. The second kappa shape index (κ2) is 6.15. The van der Waals surface area contributed by atoms with E-state index < -0.39 is 11.9 Å². The molecule has 3 rings (SSSR count). The summed E-state index contributed by atoms with van der Waals surface area (Å²) < 4.78 is 45.4. The van der Waals surface area contributed by atoms with Crippen molar-refractivity contribution in [2.45, 2.75) is 18.7 Å². The number of aryl methyl sites for hydroxylation is 1. The molecule has 0 saturated carbocycles. The maximum absolute atomic E-state index is 12.6. The van der Waals surface area contributed by atoms with E-state index in [4.69, 9.17) is 4.74 Å². The Morgan fingerprint density at radius 2 is 2.26 bits per heavy atom. The number of rotatable bonds is 4. The molecule has 1 aliphatic rings. The van der Waals surface area contributed by atoms with E-state index in [2.05, 4.69) is 20.4 Å². The van der Waals surface area contributed by atoms with E-state index in [1.165, 1.54) is 0 Å². The molecule has 1 saturated heterocycles. The van der Waals surface area contributed by atoms with Gasteiger partial charge >= 0.3 is 6.18 Å². The van der Waals surface area contributed by atoms with Crippen LogP contribution >= 0.6 is 0 Å². The Morgan fingerprint density at radius 1 is 1.43 bits per heavy atom. The first kappa shape index (κ1) is 15.7. The van der Waals surface area contributed by atoms with E-state index >= 15 is 0 Å². The number of ether oxygens (including phenoxy) is 1. The second-order valence-corrected chi connectivity index (χ2v) is 5.43. The fourth-order valence-corrected chi connectivity index (χ4v) is 2.62. The maximum atomic E-state index is 12.6. The Bertz CT molecular complexity index is 672. The van der Waals surface area contributed by atoms with E-state index in [0.29, 0.717) is 13.2 Å². The summed E-state index contributed by atoms with van der Waals surface area (Å²) in [7, 11) is 1.82. The van der Waals surface area contributed by atoms with Gasteiger partial charge in [0.05, 0.1) is 12.3 Å². The van der Waals surface area contributed by atoms with Crippen LogP contribution in [-0.4, -0.2) is 32.9 Å². The zero-order valence-electron chi connectivity index (χ0n) is 12.4. The Kier molecular flexibility index (Phi) is 4.20. The average Bonchev–Trinajstić information content (AvgIpc) is 3.13. The number of aromatic nitrogens is 4. The molecular weight excluding hydrogens is 311 g/mol. The van der Waals surface area contributed by atoms with Crippen molar-refractivity contribution in [3.8, 4) is 0 Å². The summed E-state index contributed by atoms with van der Waals surface area (Å²) in [6.45, 7) is 1.04. The molecule has 23 heavy (non-hydrogen) atoms. The third-order valence-corrected chi connectivity index (χ3v) is 3.74. The number of halogens is 3. The monoisotopic (exact) mass is 327 g/mol. The third kappa shape index (κ3) is 3.61. The summed E-state index contributed by atoms with van der Waals surface area (Å²) in [5.41, 5.74) is 0.00300. The van der Waals surface area contributed by atoms with Crippen LogP contribution in [0.1, 0.15) is 23.8 Å². The SMILES string of the molecule is Cn1cc([C@@H]2OCC[C@H]2CNc2nccc(C(F)(F)F)n2)cn1. The molecule has 0 amide bonds. The van der Waals surface area contributed by atoms with Gasteiger partial charge in [-0.2, -0.15) is 18.3 Å². The molecule has 124 valence electrons. The smallest absolute Gasteiger partial charge is 0.373 e. The number of hydrogen-bond donors (Lipinski definition) is 1. The van der Waals surface area contributed by atoms with Gasteiger partial charge in [-0.3, -0.25) is 4.68 Å². The van der Waals surface area contributed by atoms with Gasteiger partial charge in [-0.1, -0.05) is 0 Å². The molecule has 0 bridgehead atoms. The van der Waals surface area contributed by atoms with Crippen molar-refractivity contribution in [3.05, 3.63) is 35.9 Å². The molecule has 2 aromatic rings. The van der Waals surface area contributed by atoms with Crippen LogP contribution in [-0.2, 0) is 18.0 Å². The number of anilines is 1. The standard InChI is InChI=1S/C14H16F3N5O/c1-22-8-10(7-20-22)12-9(3-5-23-12)6-19-13-18-4-2-11(21-13)14(15,16)17/h2,4,7-9,12H,3,5-6H2,1H3,(H,18,19,21)/t9-,12+/m0/s1. The molecular formula is C14H16F3N5O. The highest BCUT2D eigenvalue weighted by atomic mass is 19.4. The molecule has 1 fully saturated rings. The van der Waals surface area contributed by atoms with Crippen LogP contribution in [0.4, 0.5) is 19.1 Å². The van der Waals surface area contributed by atoms with Gasteiger partial charge in [0.2, 0.25) is 5.95 Å². The van der Waals surface area contributed by atoms with Crippen molar-refractivity contribution in [1.82, 2.24) is 19.7 Å². The fraction of sp³-hybridized carbons (Fsp3) is 0.500.